The number of nitrogens with zero attached hydrogens (tertiary/aromatic N) is 6. The topological polar surface area (TPSA) is 194 Å². The summed E-state index contributed by atoms with van der Waals surface area (Å²) in [6.07, 6.45) is 4.08. The van der Waals surface area contributed by atoms with Gasteiger partial charge in [0.2, 0.25) is 17.7 Å². The average Bonchev–Trinajstić information content (AvgIpc) is 3.60. The van der Waals surface area contributed by atoms with Gasteiger partial charge in [0, 0.05) is 94.2 Å². The summed E-state index contributed by atoms with van der Waals surface area (Å²) < 4.78 is 5.67. The summed E-state index contributed by atoms with van der Waals surface area (Å²) >= 11 is 6.26. The van der Waals surface area contributed by atoms with Crippen LogP contribution in [0.1, 0.15) is 91.9 Å². The molecule has 16 nitrogen and oxygen atoms in total. The van der Waals surface area contributed by atoms with Crippen molar-refractivity contribution in [2.24, 2.45) is 0 Å². The molecule has 65 heavy (non-hydrogen) atoms. The van der Waals surface area contributed by atoms with Crippen LogP contribution in [0.3, 0.4) is 0 Å². The van der Waals surface area contributed by atoms with E-state index in [0.717, 1.165) is 34.5 Å². The molecule has 1 aliphatic carbocycles. The first kappa shape index (κ1) is 48.9. The summed E-state index contributed by atoms with van der Waals surface area (Å²) in [5, 5.41) is 22.7. The second kappa shape index (κ2) is 23.6. The van der Waals surface area contributed by atoms with Gasteiger partial charge in [0.25, 0.3) is 5.91 Å². The maximum absolute atomic E-state index is 14.3. The number of ether oxygens (including phenoxy) is 1. The lowest BCUT2D eigenvalue weighted by molar-refractivity contribution is -0.133. The van der Waals surface area contributed by atoms with Gasteiger partial charge in [-0.2, -0.15) is 0 Å². The minimum Gasteiger partial charge on any atom is -0.387 e. The van der Waals surface area contributed by atoms with E-state index in [1.165, 1.54) is 18.8 Å². The zero-order valence-corrected chi connectivity index (χ0v) is 38.9. The Kier molecular flexibility index (Phi) is 17.8. The van der Waals surface area contributed by atoms with E-state index in [0.29, 0.717) is 81.8 Å². The highest BCUT2D eigenvalue weighted by Gasteiger charge is 2.35. The van der Waals surface area contributed by atoms with Gasteiger partial charge in [-0.15, -0.1) is 0 Å². The van der Waals surface area contributed by atoms with Crippen LogP contribution in [0, 0.1) is 0 Å². The van der Waals surface area contributed by atoms with Gasteiger partial charge in [-0.1, -0.05) is 61.8 Å². The molecule has 2 aliphatic rings. The van der Waals surface area contributed by atoms with Crippen LogP contribution in [0.25, 0.3) is 11.1 Å². The molecule has 1 fully saturated rings. The number of piperazine rings is 1. The van der Waals surface area contributed by atoms with Crippen LogP contribution in [0.2, 0.25) is 5.02 Å². The summed E-state index contributed by atoms with van der Waals surface area (Å²) in [6, 6.07) is 17.4. The zero-order valence-electron chi connectivity index (χ0n) is 38.1. The molecule has 4 amide bonds. The molecular formula is C48H63ClN10O6. The molecule has 2 aromatic carbocycles. The Hall–Kier alpha value is -5.52. The van der Waals surface area contributed by atoms with E-state index < -0.39 is 17.9 Å². The van der Waals surface area contributed by atoms with E-state index in [-0.39, 0.29) is 55.1 Å². The summed E-state index contributed by atoms with van der Waals surface area (Å²) in [7, 11) is 0. The number of carbonyl (C=O) groups is 4. The number of aromatic nitrogens is 3. The molecule has 17 heteroatoms. The highest BCUT2D eigenvalue weighted by atomic mass is 35.5. The van der Waals surface area contributed by atoms with Gasteiger partial charge in [-0.25, -0.2) is 15.0 Å². The number of aliphatic hydroxyl groups is 1. The molecule has 0 spiro atoms. The van der Waals surface area contributed by atoms with Gasteiger partial charge < -0.3 is 40.9 Å². The van der Waals surface area contributed by atoms with E-state index in [2.05, 4.69) is 79.8 Å². The predicted octanol–water partition coefficient (Wildman–Crippen LogP) is 4.55. The Morgan fingerprint density at radius 3 is 2.42 bits per heavy atom. The lowest BCUT2D eigenvalue weighted by atomic mass is 9.95. The molecule has 0 radical (unpaired) electrons. The summed E-state index contributed by atoms with van der Waals surface area (Å²) in [5.41, 5.74) is 5.94. The van der Waals surface area contributed by atoms with Crippen molar-refractivity contribution in [2.75, 3.05) is 88.9 Å². The van der Waals surface area contributed by atoms with Crippen molar-refractivity contribution in [1.29, 1.82) is 0 Å². The number of aryl methyl sites for hydroxylation is 1. The molecular weight excluding hydrogens is 848 g/mol. The number of halogens is 1. The van der Waals surface area contributed by atoms with Gasteiger partial charge in [0.15, 0.2) is 5.69 Å². The predicted molar refractivity (Wildman–Crippen MR) is 252 cm³/mol. The van der Waals surface area contributed by atoms with Crippen molar-refractivity contribution in [1.82, 2.24) is 40.7 Å². The van der Waals surface area contributed by atoms with Gasteiger partial charge >= 0.3 is 0 Å². The monoisotopic (exact) mass is 910 g/mol. The molecule has 3 atom stereocenters. The standard InChI is InChI=1S/C48H63ClN10O6/c1-6-34-8-7-9-36(25-34)37-26-40(56-33(5)60)44(53-27-37)47(63)52-16-23-65-22-15-50-28-42(62)51-14-17-59(31(2)3)29-39(35-10-12-38(49)13-11-35)48(64)58-20-18-57(19-21-58)46-43-32(4)24-41(61)45(43)54-30-55-46/h7-13,25-27,30-32,39,41,50,61H,6,14-24,28-29H2,1-5H3,(H,51,62)(H,52,63)(H,56,60)/t32-,39-,41-/m1/s1. The van der Waals surface area contributed by atoms with Crippen LogP contribution < -0.4 is 26.2 Å². The smallest absolute Gasteiger partial charge is 0.272 e. The van der Waals surface area contributed by atoms with Crippen molar-refractivity contribution >= 4 is 46.7 Å². The van der Waals surface area contributed by atoms with E-state index in [1.807, 2.05) is 47.4 Å². The number of benzene rings is 2. The number of carbonyl (C=O) groups excluding carboxylic acids is 4. The first-order valence-corrected chi connectivity index (χ1v) is 23.0. The lowest BCUT2D eigenvalue weighted by Gasteiger charge is -2.39. The lowest BCUT2D eigenvalue weighted by Crippen LogP contribution is -2.52. The fraction of sp³-hybridized carbons (Fsp3) is 0.479. The SMILES string of the molecule is CCc1cccc(-c2cnc(C(=O)NCCOCCNCC(=O)NCCN(C[C@@H](C(=O)N3CCN(c4ncnc5c4[C@H](C)C[C@H]5O)CC3)c3ccc(Cl)cc3)C(C)C)c(NC(C)=O)c2)c1. The third kappa shape index (κ3) is 13.3. The molecule has 6 rings (SSSR count). The summed E-state index contributed by atoms with van der Waals surface area (Å²) in [6.45, 7) is 14.8. The molecule has 1 saturated heterocycles. The molecule has 3 heterocycles. The Balaban J connectivity index is 0.913. The molecule has 0 unspecified atom stereocenters. The highest BCUT2D eigenvalue weighted by molar-refractivity contribution is 6.30. The van der Waals surface area contributed by atoms with Crippen LogP contribution in [0.4, 0.5) is 11.5 Å². The Bertz CT molecular complexity index is 2250. The van der Waals surface area contributed by atoms with E-state index in [1.54, 1.807) is 12.3 Å². The molecule has 4 aromatic rings. The zero-order chi connectivity index (χ0) is 46.5. The maximum atomic E-state index is 14.3. The molecule has 1 aliphatic heterocycles. The number of amides is 4. The molecule has 0 bridgehead atoms. The largest absolute Gasteiger partial charge is 0.387 e. The van der Waals surface area contributed by atoms with Crippen molar-refractivity contribution < 1.29 is 29.0 Å². The number of anilines is 2. The third-order valence-corrected chi connectivity index (χ3v) is 12.2. The number of hydrogen-bond donors (Lipinski definition) is 5. The van der Waals surface area contributed by atoms with Gasteiger partial charge in [-0.3, -0.25) is 24.1 Å². The number of pyridine rings is 1. The van der Waals surface area contributed by atoms with Crippen molar-refractivity contribution in [3.63, 3.8) is 0 Å². The van der Waals surface area contributed by atoms with Crippen LogP contribution in [0.5, 0.6) is 0 Å². The minimum absolute atomic E-state index is 0.0412. The van der Waals surface area contributed by atoms with Crippen molar-refractivity contribution in [3.05, 3.63) is 100 Å². The van der Waals surface area contributed by atoms with Gasteiger partial charge in [0.1, 0.15) is 12.1 Å². The fourth-order valence-electron chi connectivity index (χ4n) is 8.36. The van der Waals surface area contributed by atoms with Crippen LogP contribution >= 0.6 is 11.6 Å². The maximum Gasteiger partial charge on any atom is 0.272 e. The first-order chi connectivity index (χ1) is 31.3. The van der Waals surface area contributed by atoms with E-state index in [4.69, 9.17) is 16.3 Å². The Morgan fingerprint density at radius 2 is 1.69 bits per heavy atom. The summed E-state index contributed by atoms with van der Waals surface area (Å²) in [5.74, 6) is -0.292. The number of rotatable bonds is 21. The molecule has 348 valence electrons. The van der Waals surface area contributed by atoms with Crippen LogP contribution in [-0.2, 0) is 25.5 Å². The average molecular weight is 912 g/mol. The van der Waals surface area contributed by atoms with Crippen LogP contribution in [0.15, 0.2) is 67.1 Å². The number of hydrogen-bond acceptors (Lipinski definition) is 12. The number of nitrogens with one attached hydrogen (secondary N) is 4. The highest BCUT2D eigenvalue weighted by Crippen LogP contribution is 2.43. The Labute approximate surface area is 386 Å². The minimum atomic E-state index is -0.580. The van der Waals surface area contributed by atoms with Crippen molar-refractivity contribution in [3.8, 4) is 11.1 Å². The second-order valence-electron chi connectivity index (χ2n) is 16.9. The van der Waals surface area contributed by atoms with E-state index >= 15 is 0 Å². The first-order valence-electron chi connectivity index (χ1n) is 22.6. The number of aliphatic hydroxyl groups excluding tert-OH is 1. The van der Waals surface area contributed by atoms with Crippen molar-refractivity contribution in [2.45, 2.75) is 71.4 Å². The second-order valence-corrected chi connectivity index (χ2v) is 17.3. The molecule has 0 saturated carbocycles. The summed E-state index contributed by atoms with van der Waals surface area (Å²) in [4.78, 5) is 71.8. The van der Waals surface area contributed by atoms with Gasteiger partial charge in [0.05, 0.1) is 43.2 Å². The quantitative estimate of drug-likeness (QED) is 0.0734. The Morgan fingerprint density at radius 1 is 0.938 bits per heavy atom. The van der Waals surface area contributed by atoms with Gasteiger partial charge in [-0.05, 0) is 67.5 Å². The molecule has 5 N–H and O–H groups in total. The van der Waals surface area contributed by atoms with Crippen LogP contribution in [-0.4, -0.2) is 138 Å². The normalized spacial score (nSPS) is 16.4. The van der Waals surface area contributed by atoms with E-state index in [9.17, 15) is 24.3 Å². The third-order valence-electron chi connectivity index (χ3n) is 11.9. The number of fused-ring (bicyclic) bond motifs is 1. The molecule has 2 aromatic heterocycles. The fourth-order valence-corrected chi connectivity index (χ4v) is 8.48.